The van der Waals surface area contributed by atoms with E-state index in [1.54, 1.807) is 19.1 Å². The van der Waals surface area contributed by atoms with Gasteiger partial charge in [0.15, 0.2) is 11.5 Å². The summed E-state index contributed by atoms with van der Waals surface area (Å²) >= 11 is 5.64. The first-order chi connectivity index (χ1) is 10.6. The predicted octanol–water partition coefficient (Wildman–Crippen LogP) is 3.85. The first-order valence-corrected chi connectivity index (χ1v) is 8.26. The number of alkyl halides is 1. The van der Waals surface area contributed by atoms with Crippen LogP contribution in [0.1, 0.15) is 38.2 Å². The van der Waals surface area contributed by atoms with Crippen LogP contribution in [-0.4, -0.2) is 37.5 Å². The van der Waals surface area contributed by atoms with Crippen molar-refractivity contribution in [2.75, 3.05) is 26.6 Å². The largest absolute Gasteiger partial charge is 0.493 e. The van der Waals surface area contributed by atoms with Gasteiger partial charge in [0.1, 0.15) is 0 Å². The van der Waals surface area contributed by atoms with E-state index in [2.05, 4.69) is 6.92 Å². The predicted molar refractivity (Wildman–Crippen MR) is 89.8 cm³/mol. The van der Waals surface area contributed by atoms with Crippen LogP contribution in [0.3, 0.4) is 0 Å². The van der Waals surface area contributed by atoms with Gasteiger partial charge < -0.3 is 14.4 Å². The number of benzene rings is 1. The van der Waals surface area contributed by atoms with E-state index in [0.717, 1.165) is 24.2 Å². The zero-order chi connectivity index (χ0) is 16.4. The number of methoxy groups -OCH3 is 1. The van der Waals surface area contributed by atoms with E-state index < -0.39 is 0 Å². The van der Waals surface area contributed by atoms with Crippen LogP contribution in [-0.2, 0) is 11.3 Å². The summed E-state index contributed by atoms with van der Waals surface area (Å²) in [5.41, 5.74) is 0.956. The van der Waals surface area contributed by atoms with Gasteiger partial charge in [0.2, 0.25) is 5.91 Å². The normalized spacial score (nSPS) is 10.4. The molecule has 1 aromatic rings. The smallest absolute Gasteiger partial charge is 0.222 e. The fourth-order valence-corrected chi connectivity index (χ4v) is 2.22. The topological polar surface area (TPSA) is 38.8 Å². The first-order valence-electron chi connectivity index (χ1n) is 7.72. The van der Waals surface area contributed by atoms with Crippen molar-refractivity contribution < 1.29 is 14.3 Å². The highest BCUT2D eigenvalue weighted by molar-refractivity contribution is 6.17. The number of para-hydroxylation sites is 1. The standard InChI is InChI=1S/C17H26ClNO3/c1-4-5-12-22-17-14(8-6-9-15(17)21-3)13-19(2)16(20)10-7-11-18/h6,8-9H,4-5,7,10-13H2,1-3H3. The Labute approximate surface area is 138 Å². The lowest BCUT2D eigenvalue weighted by atomic mass is 10.1. The minimum absolute atomic E-state index is 0.0861. The van der Waals surface area contributed by atoms with Gasteiger partial charge >= 0.3 is 0 Å². The molecule has 0 heterocycles. The maximum Gasteiger partial charge on any atom is 0.222 e. The van der Waals surface area contributed by atoms with Crippen LogP contribution in [0.2, 0.25) is 0 Å². The molecule has 0 radical (unpaired) electrons. The maximum atomic E-state index is 12.0. The molecule has 124 valence electrons. The summed E-state index contributed by atoms with van der Waals surface area (Å²) in [5, 5.41) is 0. The summed E-state index contributed by atoms with van der Waals surface area (Å²) in [5.74, 6) is 2.03. The number of unbranched alkanes of at least 4 members (excludes halogenated alkanes) is 1. The van der Waals surface area contributed by atoms with Gasteiger partial charge in [-0.15, -0.1) is 11.6 Å². The van der Waals surface area contributed by atoms with E-state index >= 15 is 0 Å². The molecule has 22 heavy (non-hydrogen) atoms. The fraction of sp³-hybridized carbons (Fsp3) is 0.588. The SMILES string of the molecule is CCCCOc1c(CN(C)C(=O)CCCCl)cccc1OC. The molecule has 0 fully saturated rings. The molecular weight excluding hydrogens is 302 g/mol. The second kappa shape index (κ2) is 10.3. The number of nitrogens with zero attached hydrogens (tertiary/aromatic N) is 1. The lowest BCUT2D eigenvalue weighted by Gasteiger charge is -2.20. The molecular formula is C17H26ClNO3. The van der Waals surface area contributed by atoms with E-state index in [9.17, 15) is 4.79 Å². The summed E-state index contributed by atoms with van der Waals surface area (Å²) in [7, 11) is 3.42. The van der Waals surface area contributed by atoms with Crippen molar-refractivity contribution in [2.45, 2.75) is 39.2 Å². The summed E-state index contributed by atoms with van der Waals surface area (Å²) in [6.07, 6.45) is 3.22. The summed E-state index contributed by atoms with van der Waals surface area (Å²) < 4.78 is 11.3. The van der Waals surface area contributed by atoms with Crippen molar-refractivity contribution >= 4 is 17.5 Å². The Balaban J connectivity index is 2.81. The number of ether oxygens (including phenoxy) is 2. The van der Waals surface area contributed by atoms with Crippen molar-refractivity contribution in [2.24, 2.45) is 0 Å². The number of halogens is 1. The molecule has 4 nitrogen and oxygen atoms in total. The molecule has 1 aromatic carbocycles. The summed E-state index contributed by atoms with van der Waals surface area (Å²) in [4.78, 5) is 13.7. The zero-order valence-corrected chi connectivity index (χ0v) is 14.5. The minimum Gasteiger partial charge on any atom is -0.493 e. The molecule has 1 amide bonds. The van der Waals surface area contributed by atoms with Crippen molar-refractivity contribution in [3.05, 3.63) is 23.8 Å². The molecule has 5 heteroatoms. The molecule has 0 bridgehead atoms. The Hall–Kier alpha value is -1.42. The minimum atomic E-state index is 0.0861. The molecule has 1 rings (SSSR count). The van der Waals surface area contributed by atoms with Crippen LogP contribution in [0.15, 0.2) is 18.2 Å². The van der Waals surface area contributed by atoms with Gasteiger partial charge in [-0.1, -0.05) is 25.5 Å². The Morgan fingerprint density at radius 3 is 2.73 bits per heavy atom. The molecule has 0 atom stereocenters. The van der Waals surface area contributed by atoms with Gasteiger partial charge in [0.05, 0.1) is 13.7 Å². The second-order valence-corrected chi connectivity index (χ2v) is 5.57. The monoisotopic (exact) mass is 327 g/mol. The second-order valence-electron chi connectivity index (χ2n) is 5.19. The number of carbonyl (C=O) groups excluding carboxylic acids is 1. The molecule has 0 aliphatic rings. The van der Waals surface area contributed by atoms with E-state index in [4.69, 9.17) is 21.1 Å². The fourth-order valence-electron chi connectivity index (χ4n) is 2.08. The third-order valence-electron chi connectivity index (χ3n) is 3.38. The molecule has 0 aliphatic heterocycles. The average Bonchev–Trinajstić information content (AvgIpc) is 2.53. The third kappa shape index (κ3) is 5.76. The summed E-state index contributed by atoms with van der Waals surface area (Å²) in [6.45, 7) is 3.27. The van der Waals surface area contributed by atoms with Crippen LogP contribution < -0.4 is 9.47 Å². The first kappa shape index (κ1) is 18.6. The molecule has 0 saturated carbocycles. The van der Waals surface area contributed by atoms with Gasteiger partial charge in [0, 0.05) is 31.5 Å². The van der Waals surface area contributed by atoms with Crippen molar-refractivity contribution in [1.82, 2.24) is 4.90 Å². The lowest BCUT2D eigenvalue weighted by Crippen LogP contribution is -2.26. The highest BCUT2D eigenvalue weighted by Gasteiger charge is 2.15. The van der Waals surface area contributed by atoms with Gasteiger partial charge in [0.25, 0.3) is 0 Å². The van der Waals surface area contributed by atoms with Crippen LogP contribution in [0.5, 0.6) is 11.5 Å². The Kier molecular flexibility index (Phi) is 8.75. The van der Waals surface area contributed by atoms with Gasteiger partial charge in [-0.2, -0.15) is 0 Å². The molecule has 0 aromatic heterocycles. The van der Waals surface area contributed by atoms with Crippen LogP contribution >= 0.6 is 11.6 Å². The Morgan fingerprint density at radius 1 is 1.32 bits per heavy atom. The summed E-state index contributed by atoms with van der Waals surface area (Å²) in [6, 6.07) is 5.76. The highest BCUT2D eigenvalue weighted by atomic mass is 35.5. The lowest BCUT2D eigenvalue weighted by molar-refractivity contribution is -0.130. The number of carbonyl (C=O) groups is 1. The van der Waals surface area contributed by atoms with E-state index in [-0.39, 0.29) is 5.91 Å². The van der Waals surface area contributed by atoms with Crippen molar-refractivity contribution in [3.63, 3.8) is 0 Å². The Morgan fingerprint density at radius 2 is 2.09 bits per heavy atom. The number of hydrogen-bond donors (Lipinski definition) is 0. The van der Waals surface area contributed by atoms with Crippen molar-refractivity contribution in [3.8, 4) is 11.5 Å². The van der Waals surface area contributed by atoms with Crippen molar-refractivity contribution in [1.29, 1.82) is 0 Å². The van der Waals surface area contributed by atoms with Crippen LogP contribution in [0.25, 0.3) is 0 Å². The molecule has 0 spiro atoms. The van der Waals surface area contributed by atoms with E-state index in [0.29, 0.717) is 37.6 Å². The number of hydrogen-bond acceptors (Lipinski definition) is 3. The molecule has 0 unspecified atom stereocenters. The zero-order valence-electron chi connectivity index (χ0n) is 13.7. The average molecular weight is 328 g/mol. The van der Waals surface area contributed by atoms with Crippen LogP contribution in [0, 0.1) is 0 Å². The molecule has 0 N–H and O–H groups in total. The third-order valence-corrected chi connectivity index (χ3v) is 3.65. The maximum absolute atomic E-state index is 12.0. The van der Waals surface area contributed by atoms with Gasteiger partial charge in [-0.3, -0.25) is 4.79 Å². The molecule has 0 saturated heterocycles. The van der Waals surface area contributed by atoms with Crippen LogP contribution in [0.4, 0.5) is 0 Å². The van der Waals surface area contributed by atoms with E-state index in [1.807, 2.05) is 18.2 Å². The van der Waals surface area contributed by atoms with Gasteiger partial charge in [-0.05, 0) is 18.9 Å². The number of rotatable bonds is 10. The molecule has 0 aliphatic carbocycles. The number of amides is 1. The van der Waals surface area contributed by atoms with Gasteiger partial charge in [-0.25, -0.2) is 0 Å². The van der Waals surface area contributed by atoms with E-state index in [1.165, 1.54) is 0 Å². The highest BCUT2D eigenvalue weighted by Crippen LogP contribution is 2.32. The quantitative estimate of drug-likeness (QED) is 0.484. The Bertz CT molecular complexity index is 465.